The van der Waals surface area contributed by atoms with Crippen LogP contribution in [0, 0.1) is 12.3 Å². The fourth-order valence-electron chi connectivity index (χ4n) is 3.83. The van der Waals surface area contributed by atoms with Crippen LogP contribution in [0.15, 0.2) is 30.5 Å². The average molecular weight is 564 g/mol. The van der Waals surface area contributed by atoms with E-state index in [-0.39, 0.29) is 16.6 Å². The van der Waals surface area contributed by atoms with E-state index in [2.05, 4.69) is 64.7 Å². The van der Waals surface area contributed by atoms with Gasteiger partial charge >= 0.3 is 0 Å². The topological polar surface area (TPSA) is 62.1 Å². The molecule has 0 N–H and O–H groups in total. The van der Waals surface area contributed by atoms with Crippen molar-refractivity contribution in [2.24, 2.45) is 12.5 Å². The van der Waals surface area contributed by atoms with Gasteiger partial charge in [0.05, 0.1) is 22.5 Å². The summed E-state index contributed by atoms with van der Waals surface area (Å²) in [5, 5.41) is 5.27. The first-order chi connectivity index (χ1) is 17.0. The first-order valence-corrected chi connectivity index (χ1v) is 16.3. The standard InChI is InChI=1S/C28H40Cl2N4O2Si/c1-18-24(23-13-14-31-34(23)8)32-26(33-25(18)30)21-15-19(11-12-22(21)29)35-17-20(16-27(2,3)4)36-37(9,10)28(5,6)7/h11-15,20H,16-17H2,1-10H3/t20-/m1/s1. The van der Waals surface area contributed by atoms with E-state index in [1.807, 2.05) is 32.2 Å². The zero-order valence-electron chi connectivity index (χ0n) is 23.7. The van der Waals surface area contributed by atoms with Gasteiger partial charge in [-0.15, -0.1) is 0 Å². The van der Waals surface area contributed by atoms with E-state index in [0.717, 1.165) is 17.7 Å². The zero-order valence-corrected chi connectivity index (χ0v) is 26.3. The number of rotatable bonds is 8. The Hall–Kier alpha value is -1.93. The molecular weight excluding hydrogens is 523 g/mol. The van der Waals surface area contributed by atoms with Crippen LogP contribution in [-0.4, -0.2) is 40.8 Å². The Bertz CT molecular complexity index is 1250. The van der Waals surface area contributed by atoms with Crippen molar-refractivity contribution in [3.8, 4) is 28.5 Å². The lowest BCUT2D eigenvalue weighted by molar-refractivity contribution is 0.0789. The van der Waals surface area contributed by atoms with Crippen molar-refractivity contribution in [3.63, 3.8) is 0 Å². The van der Waals surface area contributed by atoms with Gasteiger partial charge in [0, 0.05) is 24.4 Å². The van der Waals surface area contributed by atoms with E-state index < -0.39 is 8.32 Å². The molecule has 0 aliphatic heterocycles. The molecule has 9 heteroatoms. The van der Waals surface area contributed by atoms with Gasteiger partial charge in [-0.25, -0.2) is 9.97 Å². The van der Waals surface area contributed by atoms with Crippen molar-refractivity contribution in [1.29, 1.82) is 0 Å². The first-order valence-electron chi connectivity index (χ1n) is 12.6. The van der Waals surface area contributed by atoms with Crippen LogP contribution in [0.5, 0.6) is 5.75 Å². The van der Waals surface area contributed by atoms with Gasteiger partial charge in [-0.05, 0) is 61.2 Å². The van der Waals surface area contributed by atoms with Crippen LogP contribution in [0.25, 0.3) is 22.8 Å². The fraction of sp³-hybridized carbons (Fsp3) is 0.536. The predicted octanol–water partition coefficient (Wildman–Crippen LogP) is 8.36. The van der Waals surface area contributed by atoms with E-state index in [1.165, 1.54) is 0 Å². The molecular formula is C28H40Cl2N4O2Si. The van der Waals surface area contributed by atoms with Gasteiger partial charge in [0.1, 0.15) is 17.5 Å². The number of aryl methyl sites for hydroxylation is 1. The molecule has 0 spiro atoms. The summed E-state index contributed by atoms with van der Waals surface area (Å²) in [5.41, 5.74) is 3.10. The summed E-state index contributed by atoms with van der Waals surface area (Å²) in [6, 6.07) is 7.44. The van der Waals surface area contributed by atoms with E-state index in [1.54, 1.807) is 16.9 Å². The van der Waals surface area contributed by atoms with Crippen molar-refractivity contribution < 1.29 is 9.16 Å². The van der Waals surface area contributed by atoms with Gasteiger partial charge in [-0.3, -0.25) is 4.68 Å². The number of halogens is 2. The summed E-state index contributed by atoms with van der Waals surface area (Å²) in [5.74, 6) is 1.12. The quantitative estimate of drug-likeness (QED) is 0.204. The summed E-state index contributed by atoms with van der Waals surface area (Å²) in [4.78, 5) is 9.34. The van der Waals surface area contributed by atoms with E-state index >= 15 is 0 Å². The monoisotopic (exact) mass is 562 g/mol. The van der Waals surface area contributed by atoms with E-state index in [9.17, 15) is 0 Å². The Balaban J connectivity index is 1.91. The second-order valence-corrected chi connectivity index (χ2v) is 17.9. The van der Waals surface area contributed by atoms with Crippen LogP contribution >= 0.6 is 23.2 Å². The van der Waals surface area contributed by atoms with Crippen LogP contribution in [0.3, 0.4) is 0 Å². The second kappa shape index (κ2) is 11.0. The largest absolute Gasteiger partial charge is 0.491 e. The van der Waals surface area contributed by atoms with E-state index in [4.69, 9.17) is 37.3 Å². The molecule has 0 bridgehead atoms. The molecule has 0 unspecified atom stereocenters. The van der Waals surface area contributed by atoms with Gasteiger partial charge in [-0.1, -0.05) is 64.7 Å². The highest BCUT2D eigenvalue weighted by molar-refractivity contribution is 6.74. The fourth-order valence-corrected chi connectivity index (χ4v) is 5.54. The number of hydrogen-bond acceptors (Lipinski definition) is 5. The molecule has 0 saturated heterocycles. The molecule has 0 radical (unpaired) electrons. The molecule has 0 fully saturated rings. The van der Waals surface area contributed by atoms with Crippen molar-refractivity contribution in [2.45, 2.75) is 79.1 Å². The highest BCUT2D eigenvalue weighted by atomic mass is 35.5. The third-order valence-corrected chi connectivity index (χ3v) is 12.1. The molecule has 0 aliphatic carbocycles. The Morgan fingerprint density at radius 1 is 1.03 bits per heavy atom. The normalized spacial score (nSPS) is 13.6. The van der Waals surface area contributed by atoms with Gasteiger partial charge in [0.15, 0.2) is 14.1 Å². The van der Waals surface area contributed by atoms with E-state index in [0.29, 0.717) is 39.6 Å². The number of hydrogen-bond donors (Lipinski definition) is 0. The number of ether oxygens (including phenoxy) is 1. The Kier molecular flexibility index (Phi) is 8.84. The third kappa shape index (κ3) is 7.34. The SMILES string of the molecule is Cc1c(Cl)nc(-c2cc(OC[C@@H](CC(C)(C)C)O[Si](C)(C)C(C)(C)C)ccc2Cl)nc1-c1ccnn1C. The van der Waals surface area contributed by atoms with Crippen molar-refractivity contribution in [3.05, 3.63) is 46.2 Å². The number of aromatic nitrogens is 4. The lowest BCUT2D eigenvalue weighted by Crippen LogP contribution is -2.46. The van der Waals surface area contributed by atoms with Crippen LogP contribution in [-0.2, 0) is 11.5 Å². The summed E-state index contributed by atoms with van der Waals surface area (Å²) >= 11 is 13.1. The molecule has 37 heavy (non-hydrogen) atoms. The lowest BCUT2D eigenvalue weighted by Gasteiger charge is -2.40. The summed E-state index contributed by atoms with van der Waals surface area (Å²) in [7, 11) is -0.104. The molecule has 0 saturated carbocycles. The average Bonchev–Trinajstić information content (AvgIpc) is 3.18. The number of nitrogens with zero attached hydrogens (tertiary/aromatic N) is 4. The Morgan fingerprint density at radius 2 is 1.70 bits per heavy atom. The molecule has 6 nitrogen and oxygen atoms in total. The van der Waals surface area contributed by atoms with Gasteiger partial charge in [-0.2, -0.15) is 5.10 Å². The van der Waals surface area contributed by atoms with Crippen LogP contribution < -0.4 is 4.74 Å². The molecule has 1 atom stereocenters. The Labute approximate surface area is 232 Å². The number of benzene rings is 1. The lowest BCUT2D eigenvalue weighted by atomic mass is 9.89. The summed E-state index contributed by atoms with van der Waals surface area (Å²) in [6.45, 7) is 20.4. The van der Waals surface area contributed by atoms with Gasteiger partial charge in [0.25, 0.3) is 0 Å². The Morgan fingerprint density at radius 3 is 2.27 bits per heavy atom. The van der Waals surface area contributed by atoms with Crippen LogP contribution in [0.2, 0.25) is 28.3 Å². The van der Waals surface area contributed by atoms with Gasteiger partial charge < -0.3 is 9.16 Å². The highest BCUT2D eigenvalue weighted by Gasteiger charge is 2.40. The minimum atomic E-state index is -1.97. The molecule has 3 aromatic rings. The minimum Gasteiger partial charge on any atom is -0.491 e. The maximum absolute atomic E-state index is 6.77. The van der Waals surface area contributed by atoms with Gasteiger partial charge in [0.2, 0.25) is 0 Å². The smallest absolute Gasteiger partial charge is 0.192 e. The molecule has 3 rings (SSSR count). The molecule has 1 aromatic carbocycles. The van der Waals surface area contributed by atoms with Crippen molar-refractivity contribution in [2.75, 3.05) is 6.61 Å². The summed E-state index contributed by atoms with van der Waals surface area (Å²) in [6.07, 6.45) is 2.60. The maximum Gasteiger partial charge on any atom is 0.192 e. The summed E-state index contributed by atoms with van der Waals surface area (Å²) < 4.78 is 14.8. The first kappa shape index (κ1) is 29.6. The zero-order chi connectivity index (χ0) is 27.8. The third-order valence-electron chi connectivity index (χ3n) is 6.87. The predicted molar refractivity (Wildman–Crippen MR) is 156 cm³/mol. The van der Waals surface area contributed by atoms with Crippen LogP contribution in [0.4, 0.5) is 0 Å². The molecule has 2 heterocycles. The van der Waals surface area contributed by atoms with Crippen LogP contribution in [0.1, 0.15) is 53.5 Å². The molecule has 202 valence electrons. The van der Waals surface area contributed by atoms with Crippen molar-refractivity contribution in [1.82, 2.24) is 19.7 Å². The minimum absolute atomic E-state index is 0.0264. The highest BCUT2D eigenvalue weighted by Crippen LogP contribution is 2.39. The van der Waals surface area contributed by atoms with Crippen molar-refractivity contribution >= 4 is 31.5 Å². The maximum atomic E-state index is 6.77. The molecule has 0 amide bonds. The molecule has 0 aliphatic rings. The second-order valence-electron chi connectivity index (χ2n) is 12.4. The molecule has 2 aromatic heterocycles.